The van der Waals surface area contributed by atoms with E-state index in [-0.39, 0.29) is 0 Å². The number of likely N-dealkylation sites (tertiary alicyclic amines) is 1. The summed E-state index contributed by atoms with van der Waals surface area (Å²) in [6, 6.07) is 4.02. The second-order valence-corrected chi connectivity index (χ2v) is 8.94. The van der Waals surface area contributed by atoms with Gasteiger partial charge in [0.25, 0.3) is 0 Å². The third-order valence-electron chi connectivity index (χ3n) is 6.24. The van der Waals surface area contributed by atoms with E-state index in [0.29, 0.717) is 24.6 Å². The van der Waals surface area contributed by atoms with E-state index in [4.69, 9.17) is 19.2 Å². The average molecular weight is 431 g/mol. The standard InChI is InChI=1S/C24H38N4O3/c1-2-25-24(27-16-20-8-9-23(26-15-20)31-17-19-6-7-19)28-12-10-21(11-13-28)30-18-22-5-3-4-14-29-22/h8-9,15,19,21-22H,2-7,10-14,16-18H2,1H3,(H,25,27). The van der Waals surface area contributed by atoms with Crippen LogP contribution >= 0.6 is 0 Å². The van der Waals surface area contributed by atoms with E-state index < -0.39 is 0 Å². The summed E-state index contributed by atoms with van der Waals surface area (Å²) >= 11 is 0. The van der Waals surface area contributed by atoms with Gasteiger partial charge in [-0.15, -0.1) is 0 Å². The number of rotatable bonds is 9. The van der Waals surface area contributed by atoms with Crippen LogP contribution in [0.15, 0.2) is 23.3 Å². The molecule has 0 amide bonds. The third-order valence-corrected chi connectivity index (χ3v) is 6.24. The van der Waals surface area contributed by atoms with E-state index in [2.05, 4.69) is 28.2 Å². The topological polar surface area (TPSA) is 68.2 Å². The molecule has 0 aromatic carbocycles. The molecule has 3 aliphatic rings. The Balaban J connectivity index is 1.21. The van der Waals surface area contributed by atoms with Gasteiger partial charge in [-0.2, -0.15) is 0 Å². The SMILES string of the molecule is CCNC(=NCc1ccc(OCC2CC2)nc1)N1CCC(OCC2CCCCO2)CC1. The number of nitrogens with one attached hydrogen (secondary N) is 1. The lowest BCUT2D eigenvalue weighted by Crippen LogP contribution is -2.47. The van der Waals surface area contributed by atoms with Crippen LogP contribution < -0.4 is 10.1 Å². The Morgan fingerprint density at radius 2 is 2.03 bits per heavy atom. The third kappa shape index (κ3) is 7.35. The highest BCUT2D eigenvalue weighted by molar-refractivity contribution is 5.80. The van der Waals surface area contributed by atoms with Crippen molar-refractivity contribution in [3.63, 3.8) is 0 Å². The van der Waals surface area contributed by atoms with Crippen molar-refractivity contribution >= 4 is 5.96 Å². The van der Waals surface area contributed by atoms with Gasteiger partial charge in [0.2, 0.25) is 5.88 Å². The fourth-order valence-electron chi connectivity index (χ4n) is 4.09. The smallest absolute Gasteiger partial charge is 0.213 e. The van der Waals surface area contributed by atoms with Gasteiger partial charge in [0, 0.05) is 38.5 Å². The maximum absolute atomic E-state index is 6.16. The summed E-state index contributed by atoms with van der Waals surface area (Å²) in [6.07, 6.45) is 10.7. The molecule has 7 heteroatoms. The Morgan fingerprint density at radius 3 is 2.71 bits per heavy atom. The highest BCUT2D eigenvalue weighted by Gasteiger charge is 2.24. The van der Waals surface area contributed by atoms with Gasteiger partial charge >= 0.3 is 0 Å². The van der Waals surface area contributed by atoms with Crippen molar-refractivity contribution in [3.05, 3.63) is 23.9 Å². The first kappa shape index (κ1) is 22.3. The van der Waals surface area contributed by atoms with E-state index in [1.54, 1.807) is 0 Å². The summed E-state index contributed by atoms with van der Waals surface area (Å²) in [5.74, 6) is 2.43. The van der Waals surface area contributed by atoms with Gasteiger partial charge in [-0.25, -0.2) is 9.98 Å². The second-order valence-electron chi connectivity index (χ2n) is 8.94. The Hall–Kier alpha value is -1.86. The summed E-state index contributed by atoms with van der Waals surface area (Å²) < 4.78 is 17.7. The van der Waals surface area contributed by atoms with Crippen molar-refractivity contribution in [2.24, 2.45) is 10.9 Å². The lowest BCUT2D eigenvalue weighted by atomic mass is 10.1. The van der Waals surface area contributed by atoms with Gasteiger partial charge in [0.15, 0.2) is 5.96 Å². The number of hydrogen-bond acceptors (Lipinski definition) is 5. The van der Waals surface area contributed by atoms with Crippen LogP contribution in [0.25, 0.3) is 0 Å². The number of aliphatic imine (C=N–C) groups is 1. The summed E-state index contributed by atoms with van der Waals surface area (Å²) in [5, 5.41) is 3.44. The van der Waals surface area contributed by atoms with Crippen molar-refractivity contribution in [2.45, 2.75) is 70.6 Å². The molecular weight excluding hydrogens is 392 g/mol. The Morgan fingerprint density at radius 1 is 1.16 bits per heavy atom. The molecule has 7 nitrogen and oxygen atoms in total. The van der Waals surface area contributed by atoms with E-state index in [0.717, 1.165) is 76.2 Å². The molecule has 0 spiro atoms. The average Bonchev–Trinajstić information content (AvgIpc) is 3.65. The summed E-state index contributed by atoms with van der Waals surface area (Å²) in [6.45, 7) is 7.95. The number of ether oxygens (including phenoxy) is 3. The van der Waals surface area contributed by atoms with E-state index >= 15 is 0 Å². The van der Waals surface area contributed by atoms with Crippen LogP contribution in [0, 0.1) is 5.92 Å². The van der Waals surface area contributed by atoms with Gasteiger partial charge < -0.3 is 24.4 Å². The Kier molecular flexibility index (Phi) is 8.41. The fourth-order valence-corrected chi connectivity index (χ4v) is 4.09. The maximum atomic E-state index is 6.16. The summed E-state index contributed by atoms with van der Waals surface area (Å²) in [5.41, 5.74) is 1.10. The largest absolute Gasteiger partial charge is 0.477 e. The van der Waals surface area contributed by atoms with Crippen molar-refractivity contribution in [2.75, 3.05) is 39.5 Å². The molecule has 3 fully saturated rings. The minimum atomic E-state index is 0.296. The molecule has 31 heavy (non-hydrogen) atoms. The molecule has 1 aliphatic carbocycles. The molecular formula is C24H38N4O3. The van der Waals surface area contributed by atoms with Crippen LogP contribution in [0.1, 0.15) is 57.4 Å². The molecule has 4 rings (SSSR count). The first-order valence-electron chi connectivity index (χ1n) is 12.1. The van der Waals surface area contributed by atoms with Crippen LogP contribution in [0.5, 0.6) is 5.88 Å². The Labute approximate surface area is 186 Å². The van der Waals surface area contributed by atoms with Crippen LogP contribution in [0.4, 0.5) is 0 Å². The van der Waals surface area contributed by atoms with Crippen molar-refractivity contribution < 1.29 is 14.2 Å². The van der Waals surface area contributed by atoms with E-state index in [1.807, 2.05) is 12.3 Å². The van der Waals surface area contributed by atoms with Gasteiger partial charge in [0.1, 0.15) is 0 Å². The predicted molar refractivity (Wildman–Crippen MR) is 121 cm³/mol. The quantitative estimate of drug-likeness (QED) is 0.478. The monoisotopic (exact) mass is 430 g/mol. The van der Waals surface area contributed by atoms with Crippen molar-refractivity contribution in [1.29, 1.82) is 0 Å². The number of pyridine rings is 1. The van der Waals surface area contributed by atoms with E-state index in [9.17, 15) is 0 Å². The van der Waals surface area contributed by atoms with Gasteiger partial charge in [-0.1, -0.05) is 6.07 Å². The van der Waals surface area contributed by atoms with Crippen LogP contribution in [-0.2, 0) is 16.0 Å². The van der Waals surface area contributed by atoms with Gasteiger partial charge in [0.05, 0.1) is 32.0 Å². The van der Waals surface area contributed by atoms with E-state index in [1.165, 1.54) is 25.7 Å². The van der Waals surface area contributed by atoms with Gasteiger partial charge in [-0.05, 0) is 63.4 Å². The molecule has 0 radical (unpaired) electrons. The zero-order valence-electron chi connectivity index (χ0n) is 18.9. The molecule has 172 valence electrons. The number of piperidine rings is 1. The van der Waals surface area contributed by atoms with Crippen LogP contribution in [0.3, 0.4) is 0 Å². The lowest BCUT2D eigenvalue weighted by molar-refractivity contribution is -0.0721. The fraction of sp³-hybridized carbons (Fsp3) is 0.750. The maximum Gasteiger partial charge on any atom is 0.213 e. The summed E-state index contributed by atoms with van der Waals surface area (Å²) in [4.78, 5) is 11.6. The number of hydrogen-bond donors (Lipinski definition) is 1. The zero-order chi connectivity index (χ0) is 21.3. The first-order valence-corrected chi connectivity index (χ1v) is 12.1. The Bertz CT molecular complexity index is 679. The molecule has 0 bridgehead atoms. The molecule has 1 unspecified atom stereocenters. The molecule has 2 saturated heterocycles. The number of aromatic nitrogens is 1. The molecule has 3 heterocycles. The zero-order valence-corrected chi connectivity index (χ0v) is 18.9. The number of nitrogens with zero attached hydrogens (tertiary/aromatic N) is 3. The minimum absolute atomic E-state index is 0.296. The molecule has 1 saturated carbocycles. The normalized spacial score (nSPS) is 23.1. The highest BCUT2D eigenvalue weighted by Crippen LogP contribution is 2.29. The lowest BCUT2D eigenvalue weighted by Gasteiger charge is -2.35. The van der Waals surface area contributed by atoms with Crippen LogP contribution in [0.2, 0.25) is 0 Å². The molecule has 1 atom stereocenters. The molecule has 1 N–H and O–H groups in total. The van der Waals surface area contributed by atoms with Gasteiger partial charge in [-0.3, -0.25) is 0 Å². The minimum Gasteiger partial charge on any atom is -0.477 e. The first-order chi connectivity index (χ1) is 15.3. The summed E-state index contributed by atoms with van der Waals surface area (Å²) in [7, 11) is 0. The predicted octanol–water partition coefficient (Wildman–Crippen LogP) is 3.39. The molecule has 1 aromatic heterocycles. The van der Waals surface area contributed by atoms with Crippen LogP contribution in [-0.4, -0.2) is 67.5 Å². The highest BCUT2D eigenvalue weighted by atomic mass is 16.5. The second kappa shape index (κ2) is 11.7. The van der Waals surface area contributed by atoms with Crippen molar-refractivity contribution in [1.82, 2.24) is 15.2 Å². The van der Waals surface area contributed by atoms with Crippen molar-refractivity contribution in [3.8, 4) is 5.88 Å². The molecule has 1 aromatic rings. The number of guanidine groups is 1. The molecule has 2 aliphatic heterocycles.